The minimum atomic E-state index is -0.668. The number of hydrogen-bond acceptors (Lipinski definition) is 9. The maximum atomic E-state index is 13.0. The van der Waals surface area contributed by atoms with Gasteiger partial charge in [-0.2, -0.15) is 0 Å². The number of imide groups is 1. The van der Waals surface area contributed by atoms with Crippen molar-refractivity contribution in [2.24, 2.45) is 0 Å². The fraction of sp³-hybridized carbons (Fsp3) is 0.192. The molecule has 0 radical (unpaired) electrons. The number of nitrogens with zero attached hydrogens (tertiary/aromatic N) is 2. The van der Waals surface area contributed by atoms with E-state index in [0.29, 0.717) is 27.2 Å². The van der Waals surface area contributed by atoms with Gasteiger partial charge in [-0.25, -0.2) is 9.59 Å². The zero-order valence-electron chi connectivity index (χ0n) is 20.8. The lowest BCUT2D eigenvalue weighted by atomic mass is 10.1. The molecule has 4 rings (SSSR count). The third kappa shape index (κ3) is 6.37. The average molecular weight is 647 g/mol. The maximum absolute atomic E-state index is 13.0. The molecule has 1 fully saturated rings. The van der Waals surface area contributed by atoms with E-state index >= 15 is 0 Å². The Morgan fingerprint density at radius 3 is 2.56 bits per heavy atom. The van der Waals surface area contributed by atoms with E-state index in [0.717, 1.165) is 10.5 Å². The lowest BCUT2D eigenvalue weighted by Crippen LogP contribution is -2.30. The van der Waals surface area contributed by atoms with Crippen molar-refractivity contribution in [3.05, 3.63) is 90.6 Å². The molecule has 1 aliphatic rings. The quantitative estimate of drug-likeness (QED) is 0.0829. The summed E-state index contributed by atoms with van der Waals surface area (Å²) >= 11 is 2.08. The second-order valence-electron chi connectivity index (χ2n) is 8.11. The van der Waals surface area contributed by atoms with Gasteiger partial charge in [0.05, 0.1) is 28.8 Å². The number of ether oxygens (including phenoxy) is 3. The van der Waals surface area contributed by atoms with Crippen molar-refractivity contribution in [2.45, 2.75) is 20.1 Å². The molecule has 1 aliphatic heterocycles. The molecule has 3 amide bonds. The van der Waals surface area contributed by atoms with E-state index in [1.54, 1.807) is 24.3 Å². The van der Waals surface area contributed by atoms with Crippen LogP contribution in [0, 0.1) is 13.7 Å². The van der Waals surface area contributed by atoms with Gasteiger partial charge in [0.1, 0.15) is 18.1 Å². The maximum Gasteiger partial charge on any atom is 0.373 e. The number of nitro benzene ring substituents is 1. The van der Waals surface area contributed by atoms with Crippen molar-refractivity contribution in [1.82, 2.24) is 10.2 Å². The molecule has 0 aliphatic carbocycles. The summed E-state index contributed by atoms with van der Waals surface area (Å²) in [5, 5.41) is 13.4. The summed E-state index contributed by atoms with van der Waals surface area (Å²) in [6.45, 7) is 2.15. The third-order valence-electron chi connectivity index (χ3n) is 5.50. The predicted octanol–water partition coefficient (Wildman–Crippen LogP) is 4.65. The van der Waals surface area contributed by atoms with Gasteiger partial charge < -0.3 is 23.9 Å². The van der Waals surface area contributed by atoms with Crippen LogP contribution in [-0.4, -0.2) is 41.4 Å². The van der Waals surface area contributed by atoms with Crippen LogP contribution in [0.5, 0.6) is 11.5 Å². The summed E-state index contributed by atoms with van der Waals surface area (Å²) in [6, 6.07) is 11.7. The number of halogens is 1. The second-order valence-corrected chi connectivity index (χ2v) is 9.27. The highest BCUT2D eigenvalue weighted by molar-refractivity contribution is 14.1. The molecule has 3 aromatic rings. The fourth-order valence-corrected chi connectivity index (χ4v) is 4.44. The van der Waals surface area contributed by atoms with Crippen LogP contribution >= 0.6 is 22.6 Å². The number of carbonyl (C=O) groups is 3. The number of methoxy groups -OCH3 is 1. The predicted molar refractivity (Wildman–Crippen MR) is 145 cm³/mol. The molecule has 13 heteroatoms. The van der Waals surface area contributed by atoms with Crippen LogP contribution in [0.1, 0.15) is 34.4 Å². The van der Waals surface area contributed by atoms with Gasteiger partial charge in [-0.3, -0.25) is 19.8 Å². The normalized spacial score (nSPS) is 13.9. The number of urea groups is 1. The molecule has 1 aromatic heterocycles. The number of esters is 1. The molecular weight excluding hydrogens is 625 g/mol. The lowest BCUT2D eigenvalue weighted by molar-refractivity contribution is -0.384. The number of rotatable bonds is 10. The Bertz CT molecular complexity index is 1460. The smallest absolute Gasteiger partial charge is 0.373 e. The number of carbonyl (C=O) groups excluding carboxylic acids is 3. The van der Waals surface area contributed by atoms with E-state index in [4.69, 9.17) is 13.9 Å². The SMILES string of the molecule is CCOc1cc(/C=C2\NC(=O)N(Cc3ccc(C(=O)OC)o3)C2=O)cc(I)c1OCc1ccc([N+](=O)[O-])cc1. The van der Waals surface area contributed by atoms with E-state index in [9.17, 15) is 24.5 Å². The molecule has 202 valence electrons. The van der Waals surface area contributed by atoms with Crippen LogP contribution in [0.4, 0.5) is 10.5 Å². The Balaban J connectivity index is 1.51. The third-order valence-corrected chi connectivity index (χ3v) is 6.30. The average Bonchev–Trinajstić information content (AvgIpc) is 3.48. The first-order chi connectivity index (χ1) is 18.7. The molecule has 1 N–H and O–H groups in total. The summed E-state index contributed by atoms with van der Waals surface area (Å²) in [7, 11) is 1.22. The minimum absolute atomic E-state index is 0.0112. The number of hydrogen-bond donors (Lipinski definition) is 1. The Hall–Kier alpha value is -4.40. The molecule has 0 unspecified atom stereocenters. The summed E-state index contributed by atoms with van der Waals surface area (Å²) in [5.41, 5.74) is 1.36. The topological polar surface area (TPSA) is 150 Å². The van der Waals surface area contributed by atoms with Gasteiger partial charge >= 0.3 is 12.0 Å². The Morgan fingerprint density at radius 1 is 1.15 bits per heavy atom. The van der Waals surface area contributed by atoms with Gasteiger partial charge in [0, 0.05) is 12.1 Å². The van der Waals surface area contributed by atoms with Crippen LogP contribution in [0.2, 0.25) is 0 Å². The van der Waals surface area contributed by atoms with Crippen LogP contribution < -0.4 is 14.8 Å². The Labute approximate surface area is 235 Å². The number of benzene rings is 2. The van der Waals surface area contributed by atoms with E-state index in [1.165, 1.54) is 37.5 Å². The molecule has 2 heterocycles. The Morgan fingerprint density at radius 2 is 1.90 bits per heavy atom. The summed E-state index contributed by atoms with van der Waals surface area (Å²) in [5.74, 6) is -0.133. The highest BCUT2D eigenvalue weighted by Crippen LogP contribution is 2.36. The van der Waals surface area contributed by atoms with Gasteiger partial charge in [0.2, 0.25) is 5.76 Å². The standard InChI is InChI=1S/C26H22IN3O9/c1-3-37-22-12-16(10-19(27)23(22)38-14-15-4-6-17(7-5-15)30(34)35)11-20-24(31)29(26(33)28-20)13-18-8-9-21(39-18)25(32)36-2/h4-12H,3,13-14H2,1-2H3,(H,28,33)/b20-11-. The summed E-state index contributed by atoms with van der Waals surface area (Å²) < 4.78 is 22.4. The van der Waals surface area contributed by atoms with Crippen molar-refractivity contribution in [3.8, 4) is 11.5 Å². The highest BCUT2D eigenvalue weighted by Gasteiger charge is 2.34. The number of nitro groups is 1. The second kappa shape index (κ2) is 12.0. The van der Waals surface area contributed by atoms with Crippen molar-refractivity contribution in [2.75, 3.05) is 13.7 Å². The van der Waals surface area contributed by atoms with E-state index in [-0.39, 0.29) is 36.1 Å². The molecule has 0 saturated carbocycles. The molecule has 1 saturated heterocycles. The van der Waals surface area contributed by atoms with Gasteiger partial charge in [0.25, 0.3) is 11.6 Å². The van der Waals surface area contributed by atoms with Gasteiger partial charge in [-0.15, -0.1) is 0 Å². The van der Waals surface area contributed by atoms with Gasteiger partial charge in [-0.1, -0.05) is 0 Å². The van der Waals surface area contributed by atoms with Crippen LogP contribution in [0.25, 0.3) is 6.08 Å². The molecule has 39 heavy (non-hydrogen) atoms. The number of amides is 3. The van der Waals surface area contributed by atoms with Crippen molar-refractivity contribution < 1.29 is 37.9 Å². The first kappa shape index (κ1) is 27.6. The van der Waals surface area contributed by atoms with E-state index < -0.39 is 22.8 Å². The van der Waals surface area contributed by atoms with Crippen LogP contribution in [0.3, 0.4) is 0 Å². The molecular formula is C26H22IN3O9. The van der Waals surface area contributed by atoms with Crippen LogP contribution in [0.15, 0.2) is 58.6 Å². The molecule has 12 nitrogen and oxygen atoms in total. The molecule has 0 spiro atoms. The fourth-order valence-electron chi connectivity index (χ4n) is 3.65. The number of furan rings is 1. The van der Waals surface area contributed by atoms with Gasteiger partial charge in [-0.05, 0) is 83.1 Å². The lowest BCUT2D eigenvalue weighted by Gasteiger charge is -2.15. The van der Waals surface area contributed by atoms with Gasteiger partial charge in [0.15, 0.2) is 11.5 Å². The van der Waals surface area contributed by atoms with E-state index in [1.807, 2.05) is 6.92 Å². The summed E-state index contributed by atoms with van der Waals surface area (Å²) in [4.78, 5) is 48.4. The highest BCUT2D eigenvalue weighted by atomic mass is 127. The van der Waals surface area contributed by atoms with Crippen molar-refractivity contribution >= 4 is 52.3 Å². The number of non-ortho nitro benzene ring substituents is 1. The zero-order valence-corrected chi connectivity index (χ0v) is 22.9. The molecule has 2 aromatic carbocycles. The van der Waals surface area contributed by atoms with Crippen molar-refractivity contribution in [3.63, 3.8) is 0 Å². The zero-order chi connectivity index (χ0) is 28.1. The molecule has 0 atom stereocenters. The van der Waals surface area contributed by atoms with E-state index in [2.05, 4.69) is 32.6 Å². The first-order valence-corrected chi connectivity index (χ1v) is 12.6. The first-order valence-electron chi connectivity index (χ1n) is 11.5. The molecule has 0 bridgehead atoms. The monoisotopic (exact) mass is 647 g/mol. The minimum Gasteiger partial charge on any atom is -0.490 e. The summed E-state index contributed by atoms with van der Waals surface area (Å²) in [6.07, 6.45) is 1.52. The Kier molecular flexibility index (Phi) is 8.49. The van der Waals surface area contributed by atoms with Crippen LogP contribution in [-0.2, 0) is 22.7 Å². The van der Waals surface area contributed by atoms with Crippen molar-refractivity contribution in [1.29, 1.82) is 0 Å². The largest absolute Gasteiger partial charge is 0.490 e. The number of nitrogens with one attached hydrogen (secondary N) is 1.